The molecule has 0 spiro atoms. The predicted octanol–water partition coefficient (Wildman–Crippen LogP) is -0.560. The van der Waals surface area contributed by atoms with E-state index < -0.39 is 0 Å². The Hall–Kier alpha value is -1.54. The summed E-state index contributed by atoms with van der Waals surface area (Å²) < 4.78 is 0. The van der Waals surface area contributed by atoms with Crippen LogP contribution in [-0.2, 0) is 0 Å². The molecule has 0 aliphatic rings. The number of nitrogens with one attached hydrogen (secondary N) is 4. The van der Waals surface area contributed by atoms with Crippen LogP contribution in [0, 0.1) is 5.41 Å². The Bertz CT molecular complexity index is 236. The maximum atomic E-state index is 7.08. The number of hydrazine groups is 2. The van der Waals surface area contributed by atoms with Gasteiger partial charge in [-0.05, 0) is 12.8 Å². The Kier molecular flexibility index (Phi) is 10.9. The van der Waals surface area contributed by atoms with Crippen LogP contribution in [0.4, 0.5) is 0 Å². The van der Waals surface area contributed by atoms with Crippen LogP contribution in [0.1, 0.15) is 44.9 Å². The smallest absolute Gasteiger partial charge is 0.210 e. The molecule has 0 aromatic carbocycles. The van der Waals surface area contributed by atoms with E-state index in [1.165, 1.54) is 19.3 Å². The van der Waals surface area contributed by atoms with Crippen molar-refractivity contribution in [2.75, 3.05) is 6.54 Å². The van der Waals surface area contributed by atoms with Gasteiger partial charge in [0.05, 0.1) is 5.84 Å². The monoisotopic (exact) mass is 258 g/mol. The molecule has 106 valence electrons. The first-order valence-electron chi connectivity index (χ1n) is 6.27. The van der Waals surface area contributed by atoms with Crippen molar-refractivity contribution in [1.29, 1.82) is 5.41 Å². The number of nitrogens with two attached hydrogens (primary N) is 3. The molecule has 0 rings (SSSR count). The third kappa shape index (κ3) is 14.5. The van der Waals surface area contributed by atoms with Gasteiger partial charge in [-0.2, -0.15) is 5.53 Å². The fourth-order valence-electron chi connectivity index (χ4n) is 1.43. The third-order valence-electron chi connectivity index (χ3n) is 2.33. The lowest BCUT2D eigenvalue weighted by atomic mass is 10.1. The molecule has 10 N–H and O–H groups in total. The maximum Gasteiger partial charge on any atom is 0.210 e. The Morgan fingerprint density at radius 3 is 2.17 bits per heavy atom. The molecule has 0 heterocycles. The Balaban J connectivity index is 3.03. The van der Waals surface area contributed by atoms with Gasteiger partial charge in [0, 0.05) is 13.0 Å². The van der Waals surface area contributed by atoms with Crippen LogP contribution in [0.2, 0.25) is 0 Å². The van der Waals surface area contributed by atoms with Crippen molar-refractivity contribution < 1.29 is 0 Å². The second-order valence-corrected chi connectivity index (χ2v) is 4.10. The molecule has 0 amide bonds. The molecule has 0 bridgehead atoms. The van der Waals surface area contributed by atoms with Crippen molar-refractivity contribution >= 4 is 11.8 Å². The number of hydrogen-bond acceptors (Lipinski definition) is 5. The van der Waals surface area contributed by atoms with E-state index in [4.69, 9.17) is 22.6 Å². The van der Waals surface area contributed by atoms with Gasteiger partial charge < -0.3 is 17.2 Å². The van der Waals surface area contributed by atoms with E-state index in [0.29, 0.717) is 5.84 Å². The molecular weight excluding hydrogens is 232 g/mol. The van der Waals surface area contributed by atoms with Gasteiger partial charge in [-0.15, -0.1) is 5.10 Å². The molecule has 0 aromatic heterocycles. The zero-order valence-corrected chi connectivity index (χ0v) is 10.8. The second kappa shape index (κ2) is 11.9. The molecule has 8 nitrogen and oxygen atoms in total. The summed E-state index contributed by atoms with van der Waals surface area (Å²) in [5, 5.41) is 10.6. The minimum atomic E-state index is -0.0186. The van der Waals surface area contributed by atoms with Crippen LogP contribution in [0.15, 0.2) is 5.10 Å². The number of unbranched alkanes of at least 4 members (excludes halogenated alkanes) is 5. The van der Waals surface area contributed by atoms with Crippen molar-refractivity contribution in [3.8, 4) is 0 Å². The maximum absolute atomic E-state index is 7.08. The molecule has 0 fully saturated rings. The van der Waals surface area contributed by atoms with Gasteiger partial charge in [-0.1, -0.05) is 25.7 Å². The minimum Gasteiger partial charge on any atom is -0.388 e. The highest BCUT2D eigenvalue weighted by Gasteiger charge is 1.93. The van der Waals surface area contributed by atoms with E-state index in [2.05, 4.69) is 21.6 Å². The first kappa shape index (κ1) is 16.5. The minimum absolute atomic E-state index is 0.0186. The summed E-state index contributed by atoms with van der Waals surface area (Å²) in [6.07, 6.45) is 7.57. The first-order valence-corrected chi connectivity index (χ1v) is 6.27. The molecule has 0 saturated heterocycles. The molecule has 0 radical (unpaired) electrons. The standard InChI is InChI=1S/C10H26N8/c11-9(12)7-5-3-1-2-4-6-8-15-17-18-16-10(13)14/h15,17-18H,1-8H2,(H3,11,12)(H4,13,14,16). The molecule has 0 unspecified atom stereocenters. The number of guanidine groups is 1. The van der Waals surface area contributed by atoms with Crippen LogP contribution >= 0.6 is 0 Å². The summed E-state index contributed by atoms with van der Waals surface area (Å²) in [5.41, 5.74) is 23.5. The fourth-order valence-corrected chi connectivity index (χ4v) is 1.43. The van der Waals surface area contributed by atoms with Gasteiger partial charge in [-0.25, -0.2) is 11.0 Å². The Labute approximate surface area is 108 Å². The number of amidine groups is 1. The summed E-state index contributed by atoms with van der Waals surface area (Å²) in [4.78, 5) is 0. The lowest BCUT2D eigenvalue weighted by Crippen LogP contribution is -2.42. The van der Waals surface area contributed by atoms with Gasteiger partial charge in [0.2, 0.25) is 5.96 Å². The van der Waals surface area contributed by atoms with Crippen LogP contribution in [0.25, 0.3) is 0 Å². The van der Waals surface area contributed by atoms with E-state index in [1.807, 2.05) is 0 Å². The lowest BCUT2D eigenvalue weighted by Gasteiger charge is -2.06. The van der Waals surface area contributed by atoms with Crippen molar-refractivity contribution in [1.82, 2.24) is 16.5 Å². The summed E-state index contributed by atoms with van der Waals surface area (Å²) in [5.74, 6) is 0.272. The first-order chi connectivity index (χ1) is 8.63. The highest BCUT2D eigenvalue weighted by molar-refractivity contribution is 5.76. The SMILES string of the molecule is N=C(N)CCCCCCCCNNNN=C(N)N. The zero-order valence-electron chi connectivity index (χ0n) is 10.8. The van der Waals surface area contributed by atoms with Crippen molar-refractivity contribution in [3.05, 3.63) is 0 Å². The molecule has 18 heavy (non-hydrogen) atoms. The van der Waals surface area contributed by atoms with Crippen LogP contribution < -0.4 is 33.7 Å². The predicted molar refractivity (Wildman–Crippen MR) is 74.3 cm³/mol. The summed E-state index contributed by atoms with van der Waals surface area (Å²) in [6, 6.07) is 0. The fraction of sp³-hybridized carbons (Fsp3) is 0.800. The molecule has 0 aliphatic carbocycles. The van der Waals surface area contributed by atoms with E-state index in [-0.39, 0.29) is 5.96 Å². The summed E-state index contributed by atoms with van der Waals surface area (Å²) in [7, 11) is 0. The topological polar surface area (TPSA) is 150 Å². The zero-order chi connectivity index (χ0) is 13.6. The van der Waals surface area contributed by atoms with E-state index in [9.17, 15) is 0 Å². The average molecular weight is 258 g/mol. The number of hydrogen-bond donors (Lipinski definition) is 7. The lowest BCUT2D eigenvalue weighted by molar-refractivity contribution is 0.433. The van der Waals surface area contributed by atoms with Crippen LogP contribution in [0.5, 0.6) is 0 Å². The van der Waals surface area contributed by atoms with Crippen LogP contribution in [-0.4, -0.2) is 18.3 Å². The summed E-state index contributed by atoms with van der Waals surface area (Å²) in [6.45, 7) is 0.848. The van der Waals surface area contributed by atoms with Crippen LogP contribution in [0.3, 0.4) is 0 Å². The largest absolute Gasteiger partial charge is 0.388 e. The molecule has 0 aliphatic heterocycles. The summed E-state index contributed by atoms with van der Waals surface area (Å²) >= 11 is 0. The number of rotatable bonds is 12. The molecule has 0 aromatic rings. The van der Waals surface area contributed by atoms with Gasteiger partial charge in [0.1, 0.15) is 0 Å². The Morgan fingerprint density at radius 1 is 0.944 bits per heavy atom. The van der Waals surface area contributed by atoms with Crippen molar-refractivity contribution in [3.63, 3.8) is 0 Å². The molecule has 8 heteroatoms. The molecular formula is C10H26N8. The number of nitrogens with zero attached hydrogens (tertiary/aromatic N) is 1. The third-order valence-corrected chi connectivity index (χ3v) is 2.33. The van der Waals surface area contributed by atoms with Crippen molar-refractivity contribution in [2.45, 2.75) is 44.9 Å². The Morgan fingerprint density at radius 2 is 1.56 bits per heavy atom. The van der Waals surface area contributed by atoms with Crippen molar-refractivity contribution in [2.24, 2.45) is 22.3 Å². The van der Waals surface area contributed by atoms with E-state index in [0.717, 1.165) is 32.2 Å². The van der Waals surface area contributed by atoms with Gasteiger partial charge in [0.25, 0.3) is 0 Å². The second-order valence-electron chi connectivity index (χ2n) is 4.10. The van der Waals surface area contributed by atoms with E-state index in [1.54, 1.807) is 0 Å². The molecule has 0 saturated carbocycles. The number of hydrazone groups is 1. The normalized spacial score (nSPS) is 10.0. The quantitative estimate of drug-likeness (QED) is 0.108. The van der Waals surface area contributed by atoms with Gasteiger partial charge >= 0.3 is 0 Å². The molecule has 0 atom stereocenters. The van der Waals surface area contributed by atoms with Gasteiger partial charge in [-0.3, -0.25) is 5.41 Å². The average Bonchev–Trinajstić information content (AvgIpc) is 2.29. The van der Waals surface area contributed by atoms with Gasteiger partial charge in [0.15, 0.2) is 0 Å². The highest BCUT2D eigenvalue weighted by Crippen LogP contribution is 2.06. The van der Waals surface area contributed by atoms with E-state index >= 15 is 0 Å². The highest BCUT2D eigenvalue weighted by atomic mass is 15.7.